The van der Waals surface area contributed by atoms with Gasteiger partial charge in [0.25, 0.3) is 0 Å². The molecule has 0 aromatic heterocycles. The second-order valence-corrected chi connectivity index (χ2v) is 8.68. The van der Waals surface area contributed by atoms with Gasteiger partial charge in [-0.3, -0.25) is 0 Å². The van der Waals surface area contributed by atoms with Gasteiger partial charge in [0.05, 0.1) is 33.0 Å². The minimum absolute atomic E-state index is 0.181. The smallest absolute Gasteiger partial charge is 0.187 e. The molecular formula is C30H34O6. The highest BCUT2D eigenvalue weighted by atomic mass is 16.7. The molecule has 0 saturated carbocycles. The Bertz CT molecular complexity index is 1010. The Morgan fingerprint density at radius 2 is 1.19 bits per heavy atom. The Morgan fingerprint density at radius 3 is 1.72 bits per heavy atom. The molecule has 1 aliphatic rings. The van der Waals surface area contributed by atoms with Crippen molar-refractivity contribution in [1.82, 2.24) is 0 Å². The van der Waals surface area contributed by atoms with Crippen LogP contribution in [-0.4, -0.2) is 49.0 Å². The molecule has 5 atom stereocenters. The molecule has 1 aliphatic heterocycles. The first kappa shape index (κ1) is 26.2. The molecule has 6 heteroatoms. The van der Waals surface area contributed by atoms with Gasteiger partial charge in [0, 0.05) is 0 Å². The summed E-state index contributed by atoms with van der Waals surface area (Å²) in [5.41, 5.74) is 3.05. The number of aliphatic hydroxyl groups is 1. The SMILES string of the molecule is C=CCO[C@H]1O[C@H](COCc2ccccc2)[C@H](O)[C@H](OCc2ccccc2)[C@H]1OCc1ccccc1. The Morgan fingerprint density at radius 1 is 0.694 bits per heavy atom. The predicted octanol–water partition coefficient (Wildman–Crippen LogP) is 4.66. The average Bonchev–Trinajstić information content (AvgIpc) is 2.93. The molecule has 0 spiro atoms. The molecule has 3 aromatic carbocycles. The third kappa shape index (κ3) is 7.58. The third-order valence-corrected chi connectivity index (χ3v) is 5.96. The fourth-order valence-corrected chi connectivity index (χ4v) is 4.09. The maximum Gasteiger partial charge on any atom is 0.187 e. The molecule has 1 N–H and O–H groups in total. The number of rotatable bonds is 13. The third-order valence-electron chi connectivity index (χ3n) is 5.96. The molecule has 0 radical (unpaired) electrons. The largest absolute Gasteiger partial charge is 0.387 e. The summed E-state index contributed by atoms with van der Waals surface area (Å²) in [6, 6.07) is 29.6. The Kier molecular flexibility index (Phi) is 10.2. The van der Waals surface area contributed by atoms with Crippen LogP contribution in [0.1, 0.15) is 16.7 Å². The quantitative estimate of drug-likeness (QED) is 0.352. The molecular weight excluding hydrogens is 456 g/mol. The molecule has 1 heterocycles. The lowest BCUT2D eigenvalue weighted by Crippen LogP contribution is -2.61. The zero-order valence-electron chi connectivity index (χ0n) is 20.4. The van der Waals surface area contributed by atoms with Crippen LogP contribution < -0.4 is 0 Å². The first-order valence-electron chi connectivity index (χ1n) is 12.2. The summed E-state index contributed by atoms with van der Waals surface area (Å²) < 4.78 is 30.6. The average molecular weight is 491 g/mol. The molecule has 1 fully saturated rings. The van der Waals surface area contributed by atoms with Gasteiger partial charge in [0.15, 0.2) is 6.29 Å². The Balaban J connectivity index is 1.48. The van der Waals surface area contributed by atoms with E-state index < -0.39 is 30.7 Å². The van der Waals surface area contributed by atoms with Crippen molar-refractivity contribution in [2.24, 2.45) is 0 Å². The zero-order valence-corrected chi connectivity index (χ0v) is 20.4. The Labute approximate surface area is 213 Å². The van der Waals surface area contributed by atoms with E-state index in [-0.39, 0.29) is 13.2 Å². The first-order valence-corrected chi connectivity index (χ1v) is 12.2. The van der Waals surface area contributed by atoms with E-state index in [4.69, 9.17) is 23.7 Å². The summed E-state index contributed by atoms with van der Waals surface area (Å²) in [6.07, 6.45) is -2.09. The van der Waals surface area contributed by atoms with E-state index in [1.54, 1.807) is 6.08 Å². The molecule has 6 nitrogen and oxygen atoms in total. The summed E-state index contributed by atoms with van der Waals surface area (Å²) in [4.78, 5) is 0. The highest BCUT2D eigenvalue weighted by Gasteiger charge is 2.47. The molecule has 36 heavy (non-hydrogen) atoms. The number of hydrogen-bond donors (Lipinski definition) is 1. The van der Waals surface area contributed by atoms with E-state index >= 15 is 0 Å². The fourth-order valence-electron chi connectivity index (χ4n) is 4.09. The van der Waals surface area contributed by atoms with Crippen molar-refractivity contribution in [2.45, 2.75) is 50.5 Å². The van der Waals surface area contributed by atoms with E-state index in [1.165, 1.54) is 0 Å². The maximum atomic E-state index is 11.3. The van der Waals surface area contributed by atoms with Crippen molar-refractivity contribution in [3.63, 3.8) is 0 Å². The molecule has 190 valence electrons. The van der Waals surface area contributed by atoms with Crippen molar-refractivity contribution in [1.29, 1.82) is 0 Å². The lowest BCUT2D eigenvalue weighted by molar-refractivity contribution is -0.319. The molecule has 4 rings (SSSR count). The van der Waals surface area contributed by atoms with Crippen molar-refractivity contribution >= 4 is 0 Å². The number of aliphatic hydroxyl groups excluding tert-OH is 1. The van der Waals surface area contributed by atoms with Crippen molar-refractivity contribution in [2.75, 3.05) is 13.2 Å². The van der Waals surface area contributed by atoms with Crippen molar-refractivity contribution in [3.05, 3.63) is 120 Å². The van der Waals surface area contributed by atoms with Crippen molar-refractivity contribution < 1.29 is 28.8 Å². The maximum absolute atomic E-state index is 11.3. The number of ether oxygens (including phenoxy) is 5. The van der Waals surface area contributed by atoms with Crippen LogP contribution >= 0.6 is 0 Å². The summed E-state index contributed by atoms with van der Waals surface area (Å²) >= 11 is 0. The molecule has 0 aliphatic carbocycles. The van der Waals surface area contributed by atoms with Crippen molar-refractivity contribution in [3.8, 4) is 0 Å². The van der Waals surface area contributed by atoms with E-state index in [0.29, 0.717) is 19.8 Å². The summed E-state index contributed by atoms with van der Waals surface area (Å²) in [5, 5.41) is 11.3. The molecule has 0 unspecified atom stereocenters. The lowest BCUT2D eigenvalue weighted by Gasteiger charge is -2.44. The second kappa shape index (κ2) is 14.0. The van der Waals surface area contributed by atoms with Crippen LogP contribution in [0, 0.1) is 0 Å². The Hall–Kier alpha value is -2.84. The number of benzene rings is 3. The van der Waals surface area contributed by atoms with Gasteiger partial charge < -0.3 is 28.8 Å². The molecule has 3 aromatic rings. The highest BCUT2D eigenvalue weighted by Crippen LogP contribution is 2.29. The minimum Gasteiger partial charge on any atom is -0.387 e. The van der Waals surface area contributed by atoms with Crippen LogP contribution in [0.5, 0.6) is 0 Å². The van der Waals surface area contributed by atoms with Crippen LogP contribution in [0.15, 0.2) is 104 Å². The number of hydrogen-bond acceptors (Lipinski definition) is 6. The van der Waals surface area contributed by atoms with Crippen LogP contribution in [0.4, 0.5) is 0 Å². The van der Waals surface area contributed by atoms with Gasteiger partial charge in [0.1, 0.15) is 24.4 Å². The monoisotopic (exact) mass is 490 g/mol. The van der Waals surface area contributed by atoms with Gasteiger partial charge in [-0.2, -0.15) is 0 Å². The topological polar surface area (TPSA) is 66.4 Å². The van der Waals surface area contributed by atoms with Crippen LogP contribution in [0.2, 0.25) is 0 Å². The van der Waals surface area contributed by atoms with E-state index in [1.807, 2.05) is 91.0 Å². The lowest BCUT2D eigenvalue weighted by atomic mass is 9.98. The second-order valence-electron chi connectivity index (χ2n) is 8.68. The van der Waals surface area contributed by atoms with Gasteiger partial charge in [-0.05, 0) is 16.7 Å². The van der Waals surface area contributed by atoms with E-state index in [2.05, 4.69) is 6.58 Å². The summed E-state index contributed by atoms with van der Waals surface area (Å²) in [5.74, 6) is 0. The van der Waals surface area contributed by atoms with Gasteiger partial charge in [-0.25, -0.2) is 0 Å². The van der Waals surface area contributed by atoms with Gasteiger partial charge in [0.2, 0.25) is 0 Å². The normalized spacial score (nSPS) is 23.9. The predicted molar refractivity (Wildman–Crippen MR) is 137 cm³/mol. The zero-order chi connectivity index (χ0) is 25.0. The summed E-state index contributed by atoms with van der Waals surface area (Å²) in [6.45, 7) is 5.26. The molecule has 1 saturated heterocycles. The summed E-state index contributed by atoms with van der Waals surface area (Å²) in [7, 11) is 0. The van der Waals surface area contributed by atoms with Crippen LogP contribution in [-0.2, 0) is 43.5 Å². The van der Waals surface area contributed by atoms with E-state index in [0.717, 1.165) is 16.7 Å². The standard InChI is InChI=1S/C30H34O6/c1-2-18-33-30-29(35-21-25-16-10-5-11-17-25)28(34-20-24-14-8-4-9-15-24)27(31)26(36-30)22-32-19-23-12-6-3-7-13-23/h2-17,26-31H,1,18-22H2/t26-,27+,28+,29-,30+/m1/s1. The molecule has 0 amide bonds. The fraction of sp³-hybridized carbons (Fsp3) is 0.333. The van der Waals surface area contributed by atoms with Gasteiger partial charge >= 0.3 is 0 Å². The minimum atomic E-state index is -0.978. The van der Waals surface area contributed by atoms with Gasteiger partial charge in [-0.15, -0.1) is 6.58 Å². The van der Waals surface area contributed by atoms with Crippen LogP contribution in [0.3, 0.4) is 0 Å². The van der Waals surface area contributed by atoms with E-state index in [9.17, 15) is 5.11 Å². The van der Waals surface area contributed by atoms with Crippen LogP contribution in [0.25, 0.3) is 0 Å². The highest BCUT2D eigenvalue weighted by molar-refractivity contribution is 5.15. The van der Waals surface area contributed by atoms with Gasteiger partial charge in [-0.1, -0.05) is 97.1 Å². The first-order chi connectivity index (χ1) is 17.7. The molecule has 0 bridgehead atoms.